The number of hydrogen-bond donors (Lipinski definition) is 0. The third-order valence-corrected chi connectivity index (χ3v) is 2.92. The lowest BCUT2D eigenvalue weighted by molar-refractivity contribution is -0.0159. The molecule has 0 saturated carbocycles. The molecule has 0 amide bonds. The number of halogens is 1. The zero-order valence-corrected chi connectivity index (χ0v) is 8.94. The van der Waals surface area contributed by atoms with Gasteiger partial charge in [0, 0.05) is 0 Å². The molecule has 1 rings (SSSR count). The molecular weight excluding hydrogens is 174 g/mol. The Labute approximate surface area is 79.6 Å². The quantitative estimate of drug-likeness (QED) is 0.623. The molecule has 0 aromatic heterocycles. The lowest BCUT2D eigenvalue weighted by Crippen LogP contribution is -2.44. The van der Waals surface area contributed by atoms with Crippen LogP contribution in [-0.4, -0.2) is 17.7 Å². The van der Waals surface area contributed by atoms with Gasteiger partial charge < -0.3 is 9.31 Å². The fourth-order valence-electron chi connectivity index (χ4n) is 1.56. The summed E-state index contributed by atoms with van der Waals surface area (Å²) in [6, 6.07) is 0. The SMILES string of the molecule is CCCC1(C)OB(Cl)OC1(C)C. The van der Waals surface area contributed by atoms with Crippen molar-refractivity contribution in [2.75, 3.05) is 0 Å². The molecule has 0 spiro atoms. The topological polar surface area (TPSA) is 18.5 Å². The average molecular weight is 190 g/mol. The van der Waals surface area contributed by atoms with Gasteiger partial charge in [0.1, 0.15) is 0 Å². The molecule has 1 atom stereocenters. The molecule has 0 bridgehead atoms. The molecule has 1 heterocycles. The van der Waals surface area contributed by atoms with E-state index in [9.17, 15) is 0 Å². The van der Waals surface area contributed by atoms with Crippen LogP contribution < -0.4 is 0 Å². The van der Waals surface area contributed by atoms with Crippen LogP contribution in [-0.2, 0) is 9.31 Å². The van der Waals surface area contributed by atoms with Gasteiger partial charge in [0.15, 0.2) is 0 Å². The van der Waals surface area contributed by atoms with Gasteiger partial charge in [-0.15, -0.1) is 11.5 Å². The first-order valence-electron chi connectivity index (χ1n) is 4.41. The molecule has 0 aromatic carbocycles. The van der Waals surface area contributed by atoms with Crippen molar-refractivity contribution >= 4 is 18.0 Å². The summed E-state index contributed by atoms with van der Waals surface area (Å²) < 4.78 is 11.0. The summed E-state index contributed by atoms with van der Waals surface area (Å²) in [5.41, 5.74) is -0.524. The van der Waals surface area contributed by atoms with Crippen molar-refractivity contribution < 1.29 is 9.31 Å². The summed E-state index contributed by atoms with van der Waals surface area (Å²) in [7, 11) is 0. The maximum absolute atomic E-state index is 5.77. The summed E-state index contributed by atoms with van der Waals surface area (Å²) >= 11 is 5.77. The second kappa shape index (κ2) is 3.20. The molecule has 1 aliphatic rings. The second-order valence-corrected chi connectivity index (χ2v) is 4.36. The van der Waals surface area contributed by atoms with Crippen LogP contribution in [0, 0.1) is 0 Å². The lowest BCUT2D eigenvalue weighted by Gasteiger charge is -2.36. The Morgan fingerprint density at radius 1 is 1.25 bits per heavy atom. The lowest BCUT2D eigenvalue weighted by atomic mass is 9.84. The van der Waals surface area contributed by atoms with Crippen molar-refractivity contribution in [3.8, 4) is 0 Å². The van der Waals surface area contributed by atoms with Gasteiger partial charge in [-0.1, -0.05) is 13.3 Å². The van der Waals surface area contributed by atoms with Gasteiger partial charge in [-0.05, 0) is 27.2 Å². The Balaban J connectivity index is 2.75. The molecule has 4 heteroatoms. The van der Waals surface area contributed by atoms with E-state index in [1.807, 2.05) is 13.8 Å². The van der Waals surface area contributed by atoms with Gasteiger partial charge in [0.25, 0.3) is 0 Å². The van der Waals surface area contributed by atoms with E-state index in [-0.39, 0.29) is 11.2 Å². The van der Waals surface area contributed by atoms with Crippen LogP contribution >= 0.6 is 11.5 Å². The van der Waals surface area contributed by atoms with Gasteiger partial charge in [-0.3, -0.25) is 0 Å². The second-order valence-electron chi connectivity index (χ2n) is 4.00. The van der Waals surface area contributed by atoms with E-state index in [1.165, 1.54) is 0 Å². The van der Waals surface area contributed by atoms with E-state index in [2.05, 4.69) is 13.8 Å². The molecule has 1 unspecified atom stereocenters. The Morgan fingerprint density at radius 2 is 1.83 bits per heavy atom. The van der Waals surface area contributed by atoms with E-state index in [0.29, 0.717) is 0 Å². The monoisotopic (exact) mass is 190 g/mol. The first-order chi connectivity index (χ1) is 5.41. The predicted molar refractivity (Wildman–Crippen MR) is 51.2 cm³/mol. The number of rotatable bonds is 2. The van der Waals surface area contributed by atoms with Gasteiger partial charge in [0.2, 0.25) is 0 Å². The average Bonchev–Trinajstić information content (AvgIpc) is 2.02. The Kier molecular flexibility index (Phi) is 2.77. The molecule has 0 aromatic rings. The summed E-state index contributed by atoms with van der Waals surface area (Å²) in [6.07, 6.45) is 2.05. The fraction of sp³-hybridized carbons (Fsp3) is 1.00. The van der Waals surface area contributed by atoms with Gasteiger partial charge in [0.05, 0.1) is 11.2 Å². The highest BCUT2D eigenvalue weighted by Gasteiger charge is 2.52. The van der Waals surface area contributed by atoms with Crippen molar-refractivity contribution in [2.24, 2.45) is 0 Å². The largest absolute Gasteiger partial charge is 0.572 e. The molecule has 0 radical (unpaired) electrons. The Morgan fingerprint density at radius 3 is 2.17 bits per heavy atom. The predicted octanol–water partition coefficient (Wildman–Crippen LogP) is 2.59. The summed E-state index contributed by atoms with van der Waals surface area (Å²) in [5, 5.41) is 0. The van der Waals surface area contributed by atoms with Crippen LogP contribution in [0.4, 0.5) is 0 Å². The summed E-state index contributed by atoms with van der Waals surface area (Å²) in [4.78, 5) is 0. The van der Waals surface area contributed by atoms with E-state index >= 15 is 0 Å². The Bertz CT molecular complexity index is 174. The summed E-state index contributed by atoms with van der Waals surface area (Å²) in [5.74, 6) is 0. The van der Waals surface area contributed by atoms with Crippen LogP contribution in [0.25, 0.3) is 0 Å². The molecular formula is C8H16BClO2. The fourth-order valence-corrected chi connectivity index (χ4v) is 1.98. The molecule has 0 aliphatic carbocycles. The van der Waals surface area contributed by atoms with E-state index in [1.54, 1.807) is 0 Å². The molecule has 1 aliphatic heterocycles. The highest BCUT2D eigenvalue weighted by atomic mass is 35.5. The Hall–Kier alpha value is 0.275. The van der Waals surface area contributed by atoms with Crippen molar-refractivity contribution in [3.63, 3.8) is 0 Å². The minimum atomic E-state index is -0.587. The molecule has 0 N–H and O–H groups in total. The van der Waals surface area contributed by atoms with Gasteiger partial charge in [-0.2, -0.15) is 0 Å². The molecule has 2 nitrogen and oxygen atoms in total. The third kappa shape index (κ3) is 1.63. The third-order valence-electron chi connectivity index (χ3n) is 2.74. The zero-order chi connectivity index (χ0) is 9.41. The van der Waals surface area contributed by atoms with E-state index in [4.69, 9.17) is 20.8 Å². The number of hydrogen-bond acceptors (Lipinski definition) is 2. The smallest absolute Gasteiger partial charge is 0.390 e. The van der Waals surface area contributed by atoms with Crippen molar-refractivity contribution in [1.29, 1.82) is 0 Å². The molecule has 1 saturated heterocycles. The van der Waals surface area contributed by atoms with Crippen molar-refractivity contribution in [3.05, 3.63) is 0 Å². The first-order valence-corrected chi connectivity index (χ1v) is 4.84. The minimum Gasteiger partial charge on any atom is -0.390 e. The normalized spacial score (nSPS) is 34.2. The van der Waals surface area contributed by atoms with Crippen molar-refractivity contribution in [1.82, 2.24) is 0 Å². The standard InChI is InChI=1S/C8H16BClO2/c1-5-6-8(4)7(2,3)11-9(10)12-8/h5-6H2,1-4H3. The van der Waals surface area contributed by atoms with E-state index < -0.39 is 6.53 Å². The van der Waals surface area contributed by atoms with E-state index in [0.717, 1.165) is 12.8 Å². The molecule has 12 heavy (non-hydrogen) atoms. The van der Waals surface area contributed by atoms with Crippen LogP contribution in [0.15, 0.2) is 0 Å². The highest BCUT2D eigenvalue weighted by molar-refractivity contribution is 6.99. The van der Waals surface area contributed by atoms with Crippen molar-refractivity contribution in [2.45, 2.75) is 51.7 Å². The molecule has 1 fully saturated rings. The van der Waals surface area contributed by atoms with Crippen LogP contribution in [0.1, 0.15) is 40.5 Å². The maximum atomic E-state index is 5.77. The zero-order valence-electron chi connectivity index (χ0n) is 8.19. The van der Waals surface area contributed by atoms with Crippen LogP contribution in [0.5, 0.6) is 0 Å². The van der Waals surface area contributed by atoms with Crippen LogP contribution in [0.3, 0.4) is 0 Å². The molecule has 70 valence electrons. The highest BCUT2D eigenvalue weighted by Crippen LogP contribution is 2.41. The first kappa shape index (κ1) is 10.4. The van der Waals surface area contributed by atoms with Crippen LogP contribution in [0.2, 0.25) is 0 Å². The van der Waals surface area contributed by atoms with Gasteiger partial charge in [-0.25, -0.2) is 0 Å². The maximum Gasteiger partial charge on any atom is 0.572 e. The minimum absolute atomic E-state index is 0.242. The summed E-state index contributed by atoms with van der Waals surface area (Å²) in [6.45, 7) is 7.64. The van der Waals surface area contributed by atoms with Gasteiger partial charge >= 0.3 is 6.53 Å².